The molecule has 2 saturated carbocycles. The van der Waals surface area contributed by atoms with Crippen LogP contribution in [0.15, 0.2) is 30.3 Å². The van der Waals surface area contributed by atoms with Crippen LogP contribution >= 0.6 is 0 Å². The summed E-state index contributed by atoms with van der Waals surface area (Å²) in [6, 6.07) is 6.76. The van der Waals surface area contributed by atoms with Crippen LogP contribution in [-0.2, 0) is 30.5 Å². The predicted octanol–water partition coefficient (Wildman–Crippen LogP) is 2.47. The Morgan fingerprint density at radius 2 is 1.64 bits per heavy atom. The lowest BCUT2D eigenvalue weighted by molar-refractivity contribution is -0.143. The Kier molecular flexibility index (Phi) is 10.2. The Labute approximate surface area is 247 Å². The average molecular weight is 584 g/mol. The number of alkyl carbamates (subject to hydrolysis) is 1. The molecule has 1 aliphatic heterocycles. The van der Waals surface area contributed by atoms with Gasteiger partial charge in [0.2, 0.25) is 17.6 Å². The first-order valence-electron chi connectivity index (χ1n) is 15.1. The van der Waals surface area contributed by atoms with Crippen LogP contribution < -0.4 is 16.4 Å². The van der Waals surface area contributed by atoms with Crippen LogP contribution in [0.5, 0.6) is 0 Å². The molecule has 1 aromatic carbocycles. The monoisotopic (exact) mass is 583 g/mol. The van der Waals surface area contributed by atoms with Gasteiger partial charge < -0.3 is 26.0 Å². The molecule has 3 atom stereocenters. The fourth-order valence-corrected chi connectivity index (χ4v) is 5.98. The summed E-state index contributed by atoms with van der Waals surface area (Å²) in [6.07, 6.45) is 6.02. The van der Waals surface area contributed by atoms with Gasteiger partial charge >= 0.3 is 6.09 Å². The smallest absolute Gasteiger partial charge is 0.408 e. The van der Waals surface area contributed by atoms with Gasteiger partial charge in [0, 0.05) is 13.1 Å². The van der Waals surface area contributed by atoms with Gasteiger partial charge in [-0.2, -0.15) is 0 Å². The van der Waals surface area contributed by atoms with E-state index < -0.39 is 53.1 Å². The molecule has 230 valence electrons. The highest BCUT2D eigenvalue weighted by atomic mass is 16.6. The number of nitrogens with zero attached hydrogens (tertiary/aromatic N) is 2. The highest BCUT2D eigenvalue weighted by molar-refractivity contribution is 6.37. The molecule has 3 aliphatic rings. The second kappa shape index (κ2) is 13.7. The normalized spacial score (nSPS) is 21.3. The molecule has 4 N–H and O–H groups in total. The van der Waals surface area contributed by atoms with E-state index in [9.17, 15) is 24.0 Å². The molecule has 11 heteroatoms. The van der Waals surface area contributed by atoms with E-state index in [1.807, 2.05) is 56.0 Å². The molecule has 2 aliphatic carbocycles. The number of benzene rings is 1. The van der Waals surface area contributed by atoms with E-state index in [1.54, 1.807) is 0 Å². The lowest BCUT2D eigenvalue weighted by atomic mass is 9.80. The Hall–Kier alpha value is -3.47. The number of carbonyl (C=O) groups excluding carboxylic acids is 5. The first kappa shape index (κ1) is 31.5. The number of amides is 4. The molecule has 0 spiro atoms. The highest BCUT2D eigenvalue weighted by Gasteiger charge is 2.45. The molecule has 1 aromatic rings. The Balaban J connectivity index is 1.54. The fourth-order valence-electron chi connectivity index (χ4n) is 5.98. The van der Waals surface area contributed by atoms with Crippen molar-refractivity contribution in [1.82, 2.24) is 20.4 Å². The lowest BCUT2D eigenvalue weighted by Crippen LogP contribution is -2.59. The first-order valence-corrected chi connectivity index (χ1v) is 15.1. The third-order valence-electron chi connectivity index (χ3n) is 8.62. The van der Waals surface area contributed by atoms with E-state index in [2.05, 4.69) is 10.6 Å². The SMILES string of the molecule is CC(C)(C)[C@H](NC(=O)OC1CCCC1)C(=O)N1CN(Cc2ccccc2)C[C@H]1C(=O)NC(CC1CCC1)C(=O)C(N)=O. The van der Waals surface area contributed by atoms with Crippen molar-refractivity contribution >= 4 is 29.6 Å². The summed E-state index contributed by atoms with van der Waals surface area (Å²) in [4.78, 5) is 68.6. The van der Waals surface area contributed by atoms with Crippen molar-refractivity contribution in [3.8, 4) is 0 Å². The molecule has 4 rings (SSSR count). The van der Waals surface area contributed by atoms with Crippen LogP contribution in [0.25, 0.3) is 0 Å². The van der Waals surface area contributed by atoms with Crippen molar-refractivity contribution in [2.45, 2.75) is 103 Å². The molecule has 0 radical (unpaired) electrons. The summed E-state index contributed by atoms with van der Waals surface area (Å²) in [6.45, 7) is 6.40. The zero-order valence-electron chi connectivity index (χ0n) is 25.0. The number of Topliss-reactive ketones (excluding diaryl/α,β-unsaturated/α-hetero) is 1. The third kappa shape index (κ3) is 8.08. The van der Waals surface area contributed by atoms with Crippen molar-refractivity contribution in [3.63, 3.8) is 0 Å². The largest absolute Gasteiger partial charge is 0.446 e. The van der Waals surface area contributed by atoms with Crippen molar-refractivity contribution in [2.75, 3.05) is 13.2 Å². The molecule has 42 heavy (non-hydrogen) atoms. The summed E-state index contributed by atoms with van der Waals surface area (Å²) < 4.78 is 5.59. The minimum atomic E-state index is -1.09. The van der Waals surface area contributed by atoms with E-state index in [4.69, 9.17) is 10.5 Å². The number of rotatable bonds is 11. The van der Waals surface area contributed by atoms with E-state index in [0.29, 0.717) is 13.0 Å². The molecular weight excluding hydrogens is 538 g/mol. The van der Waals surface area contributed by atoms with Gasteiger partial charge in [-0.3, -0.25) is 24.1 Å². The van der Waals surface area contributed by atoms with Crippen LogP contribution in [0, 0.1) is 11.3 Å². The number of ether oxygens (including phenoxy) is 1. The zero-order chi connectivity index (χ0) is 30.4. The van der Waals surface area contributed by atoms with Gasteiger partial charge in [-0.15, -0.1) is 0 Å². The van der Waals surface area contributed by atoms with Crippen LogP contribution in [0.4, 0.5) is 4.79 Å². The van der Waals surface area contributed by atoms with Crippen LogP contribution in [-0.4, -0.2) is 76.8 Å². The number of hydrogen-bond donors (Lipinski definition) is 3. The number of hydrogen-bond acceptors (Lipinski definition) is 7. The number of nitrogens with one attached hydrogen (secondary N) is 2. The molecule has 1 unspecified atom stereocenters. The van der Waals surface area contributed by atoms with Gasteiger partial charge in [0.15, 0.2) is 0 Å². The molecule has 0 bridgehead atoms. The van der Waals surface area contributed by atoms with Gasteiger partial charge in [0.25, 0.3) is 5.91 Å². The van der Waals surface area contributed by atoms with Crippen molar-refractivity contribution in [1.29, 1.82) is 0 Å². The standard InChI is InChI=1S/C31H45N5O6/c1-31(2,3)26(34-30(41)42-22-14-7-8-15-22)29(40)36-19-35(17-21-10-5-4-6-11-21)18-24(36)28(39)33-23(25(37)27(32)38)16-20-12-9-13-20/h4-6,10-11,20,22-24,26H,7-9,12-19H2,1-3H3,(H2,32,38)(H,33,39)(H,34,41)/t23?,24-,26+/m0/s1. The maximum atomic E-state index is 14.1. The number of carbonyl (C=O) groups is 5. The molecule has 3 fully saturated rings. The lowest BCUT2D eigenvalue weighted by Gasteiger charge is -2.35. The molecule has 11 nitrogen and oxygen atoms in total. The quantitative estimate of drug-likeness (QED) is 0.339. The van der Waals surface area contributed by atoms with Crippen molar-refractivity contribution in [3.05, 3.63) is 35.9 Å². The van der Waals surface area contributed by atoms with Crippen LogP contribution in [0.1, 0.15) is 77.7 Å². The van der Waals surface area contributed by atoms with Gasteiger partial charge in [-0.1, -0.05) is 70.4 Å². The van der Waals surface area contributed by atoms with E-state index in [1.165, 1.54) is 4.90 Å². The van der Waals surface area contributed by atoms with E-state index >= 15 is 0 Å². The van der Waals surface area contributed by atoms with Crippen molar-refractivity contribution < 1.29 is 28.7 Å². The average Bonchev–Trinajstić information content (AvgIpc) is 3.57. The number of primary amides is 1. The minimum Gasteiger partial charge on any atom is -0.446 e. The maximum absolute atomic E-state index is 14.1. The Morgan fingerprint density at radius 3 is 2.21 bits per heavy atom. The first-order chi connectivity index (χ1) is 19.9. The highest BCUT2D eigenvalue weighted by Crippen LogP contribution is 2.31. The summed E-state index contributed by atoms with van der Waals surface area (Å²) in [5, 5.41) is 5.54. The molecular formula is C31H45N5O6. The summed E-state index contributed by atoms with van der Waals surface area (Å²) in [5.41, 5.74) is 5.64. The third-order valence-corrected chi connectivity index (χ3v) is 8.62. The van der Waals surface area contributed by atoms with Crippen LogP contribution in [0.2, 0.25) is 0 Å². The molecule has 1 heterocycles. The van der Waals surface area contributed by atoms with E-state index in [0.717, 1.165) is 50.5 Å². The Morgan fingerprint density at radius 1 is 0.976 bits per heavy atom. The summed E-state index contributed by atoms with van der Waals surface area (Å²) >= 11 is 0. The molecule has 0 aromatic heterocycles. The number of ketones is 1. The second-order valence-electron chi connectivity index (χ2n) is 13.0. The van der Waals surface area contributed by atoms with Gasteiger partial charge in [0.05, 0.1) is 12.7 Å². The minimum absolute atomic E-state index is 0.148. The van der Waals surface area contributed by atoms with Gasteiger partial charge in [-0.25, -0.2) is 4.79 Å². The predicted molar refractivity (Wildman–Crippen MR) is 156 cm³/mol. The Bertz CT molecular complexity index is 1140. The molecule has 1 saturated heterocycles. The summed E-state index contributed by atoms with van der Waals surface area (Å²) in [5.74, 6) is -2.65. The van der Waals surface area contributed by atoms with Crippen molar-refractivity contribution in [2.24, 2.45) is 17.1 Å². The maximum Gasteiger partial charge on any atom is 0.408 e. The second-order valence-corrected chi connectivity index (χ2v) is 13.0. The number of nitrogens with two attached hydrogens (primary N) is 1. The van der Waals surface area contributed by atoms with Gasteiger partial charge in [-0.05, 0) is 49.0 Å². The topological polar surface area (TPSA) is 151 Å². The molecule has 4 amide bonds. The zero-order valence-corrected chi connectivity index (χ0v) is 25.0. The van der Waals surface area contributed by atoms with Gasteiger partial charge in [0.1, 0.15) is 18.2 Å². The van der Waals surface area contributed by atoms with E-state index in [-0.39, 0.29) is 25.2 Å². The summed E-state index contributed by atoms with van der Waals surface area (Å²) in [7, 11) is 0. The van der Waals surface area contributed by atoms with Crippen LogP contribution in [0.3, 0.4) is 0 Å². The fraction of sp³-hybridized carbons (Fsp3) is 0.645.